The predicted molar refractivity (Wildman–Crippen MR) is 132 cm³/mol. The third-order valence-corrected chi connectivity index (χ3v) is 5.46. The second-order valence-electron chi connectivity index (χ2n) is 9.92. The van der Waals surface area contributed by atoms with Crippen molar-refractivity contribution < 1.29 is 23.4 Å². The van der Waals surface area contributed by atoms with Crippen LogP contribution in [0, 0.1) is 18.6 Å². The molecule has 2 aromatic carbocycles. The first-order valence-corrected chi connectivity index (χ1v) is 11.8. The van der Waals surface area contributed by atoms with E-state index < -0.39 is 11.9 Å². The van der Waals surface area contributed by atoms with Crippen molar-refractivity contribution in [3.8, 4) is 17.3 Å². The summed E-state index contributed by atoms with van der Waals surface area (Å²) in [6.45, 7) is 12.8. The highest BCUT2D eigenvalue weighted by Gasteiger charge is 2.25. The van der Waals surface area contributed by atoms with Crippen LogP contribution in [0.25, 0.3) is 5.69 Å². The van der Waals surface area contributed by atoms with E-state index in [0.29, 0.717) is 36.1 Å². The molecule has 3 rings (SSSR count). The van der Waals surface area contributed by atoms with Crippen molar-refractivity contribution in [1.29, 1.82) is 0 Å². The van der Waals surface area contributed by atoms with Crippen LogP contribution in [0.4, 0.5) is 8.78 Å². The summed E-state index contributed by atoms with van der Waals surface area (Å²) >= 11 is 0. The summed E-state index contributed by atoms with van der Waals surface area (Å²) in [6, 6.07) is 11.9. The third kappa shape index (κ3) is 7.59. The Labute approximate surface area is 206 Å². The van der Waals surface area contributed by atoms with Gasteiger partial charge in [-0.1, -0.05) is 6.07 Å². The fourth-order valence-corrected chi connectivity index (χ4v) is 3.56. The van der Waals surface area contributed by atoms with Gasteiger partial charge in [-0.25, -0.2) is 13.5 Å². The van der Waals surface area contributed by atoms with Crippen molar-refractivity contribution in [2.45, 2.75) is 65.8 Å². The molecule has 0 fully saturated rings. The van der Waals surface area contributed by atoms with Gasteiger partial charge in [-0.15, -0.1) is 0 Å². The van der Waals surface area contributed by atoms with Crippen molar-refractivity contribution in [3.05, 3.63) is 71.4 Å². The lowest BCUT2D eigenvalue weighted by molar-refractivity contribution is -0.0587. The van der Waals surface area contributed by atoms with Crippen LogP contribution in [0.2, 0.25) is 0 Å². The average Bonchev–Trinajstić information content (AvgIpc) is 3.07. The SMILES string of the molecule is Cc1nn(-c2ccc(F)cc2)c(Oc2cccc(F)c2)c1CN(CC(O)COC(C)(C)C)C(C)C. The quantitative estimate of drug-likeness (QED) is 0.401. The maximum Gasteiger partial charge on any atom is 0.227 e. The zero-order valence-corrected chi connectivity index (χ0v) is 21.3. The summed E-state index contributed by atoms with van der Waals surface area (Å²) in [4.78, 5) is 2.11. The second-order valence-corrected chi connectivity index (χ2v) is 9.92. The molecule has 6 nitrogen and oxygen atoms in total. The van der Waals surface area contributed by atoms with E-state index in [1.807, 2.05) is 41.5 Å². The molecule has 0 aliphatic rings. The van der Waals surface area contributed by atoms with Crippen LogP contribution >= 0.6 is 0 Å². The Balaban J connectivity index is 1.95. The van der Waals surface area contributed by atoms with Crippen molar-refractivity contribution in [3.63, 3.8) is 0 Å². The van der Waals surface area contributed by atoms with Crippen LogP contribution in [-0.2, 0) is 11.3 Å². The fraction of sp³-hybridized carbons (Fsp3) is 0.444. The van der Waals surface area contributed by atoms with E-state index in [9.17, 15) is 13.9 Å². The first-order valence-electron chi connectivity index (χ1n) is 11.8. The number of benzene rings is 2. The summed E-state index contributed by atoms with van der Waals surface area (Å²) in [7, 11) is 0. The zero-order valence-electron chi connectivity index (χ0n) is 21.3. The normalized spacial score (nSPS) is 13.0. The summed E-state index contributed by atoms with van der Waals surface area (Å²) in [5, 5.41) is 15.3. The van der Waals surface area contributed by atoms with Gasteiger partial charge >= 0.3 is 0 Å². The summed E-state index contributed by atoms with van der Waals surface area (Å²) < 4.78 is 40.9. The molecular weight excluding hydrogens is 452 g/mol. The van der Waals surface area contributed by atoms with Gasteiger partial charge in [-0.05, 0) is 77.9 Å². The lowest BCUT2D eigenvalue weighted by atomic mass is 10.1. The monoisotopic (exact) mass is 487 g/mol. The van der Waals surface area contributed by atoms with Gasteiger partial charge < -0.3 is 14.6 Å². The molecule has 0 aliphatic carbocycles. The van der Waals surface area contributed by atoms with Crippen LogP contribution in [0.5, 0.6) is 11.6 Å². The first kappa shape index (κ1) is 26.8. The molecule has 0 amide bonds. The highest BCUT2D eigenvalue weighted by Crippen LogP contribution is 2.32. The summed E-state index contributed by atoms with van der Waals surface area (Å²) in [5.41, 5.74) is 1.77. The largest absolute Gasteiger partial charge is 0.438 e. The molecule has 1 unspecified atom stereocenters. The lowest BCUT2D eigenvalue weighted by Gasteiger charge is -2.30. The number of hydrogen-bond acceptors (Lipinski definition) is 5. The Hall–Kier alpha value is -2.81. The van der Waals surface area contributed by atoms with Gasteiger partial charge in [0.05, 0.1) is 35.3 Å². The van der Waals surface area contributed by atoms with Gasteiger partial charge in [0.25, 0.3) is 0 Å². The van der Waals surface area contributed by atoms with E-state index in [4.69, 9.17) is 9.47 Å². The van der Waals surface area contributed by atoms with Crippen LogP contribution in [0.3, 0.4) is 0 Å². The van der Waals surface area contributed by atoms with E-state index in [0.717, 1.165) is 5.56 Å². The van der Waals surface area contributed by atoms with Crippen molar-refractivity contribution in [2.75, 3.05) is 13.2 Å². The highest BCUT2D eigenvalue weighted by molar-refractivity contribution is 5.43. The smallest absolute Gasteiger partial charge is 0.227 e. The first-order chi connectivity index (χ1) is 16.4. The van der Waals surface area contributed by atoms with E-state index in [1.54, 1.807) is 28.9 Å². The highest BCUT2D eigenvalue weighted by atomic mass is 19.1. The predicted octanol–water partition coefficient (Wildman–Crippen LogP) is 5.64. The Morgan fingerprint density at radius 2 is 1.74 bits per heavy atom. The Morgan fingerprint density at radius 1 is 1.06 bits per heavy atom. The maximum absolute atomic E-state index is 13.9. The number of ether oxygens (including phenoxy) is 2. The van der Waals surface area contributed by atoms with Crippen molar-refractivity contribution in [1.82, 2.24) is 14.7 Å². The van der Waals surface area contributed by atoms with E-state index in [1.165, 1.54) is 24.3 Å². The topological polar surface area (TPSA) is 59.8 Å². The van der Waals surface area contributed by atoms with Crippen LogP contribution in [-0.4, -0.2) is 50.7 Å². The minimum atomic E-state index is -0.684. The molecule has 1 atom stereocenters. The molecule has 0 radical (unpaired) electrons. The van der Waals surface area contributed by atoms with E-state index in [2.05, 4.69) is 10.00 Å². The van der Waals surface area contributed by atoms with Crippen molar-refractivity contribution >= 4 is 0 Å². The number of halogens is 2. The Kier molecular flexibility index (Phi) is 8.64. The van der Waals surface area contributed by atoms with E-state index in [-0.39, 0.29) is 24.1 Å². The van der Waals surface area contributed by atoms with Gasteiger partial charge in [0.15, 0.2) is 0 Å². The Morgan fingerprint density at radius 3 is 2.34 bits per heavy atom. The molecular formula is C27H35F2N3O3. The molecule has 0 aliphatic heterocycles. The third-order valence-electron chi connectivity index (χ3n) is 5.46. The van der Waals surface area contributed by atoms with Gasteiger partial charge in [-0.3, -0.25) is 4.90 Å². The zero-order chi connectivity index (χ0) is 25.8. The number of aryl methyl sites for hydroxylation is 1. The van der Waals surface area contributed by atoms with Crippen LogP contribution in [0.15, 0.2) is 48.5 Å². The molecule has 1 aromatic heterocycles. The average molecular weight is 488 g/mol. The molecule has 1 heterocycles. The number of rotatable bonds is 10. The molecule has 8 heteroatoms. The number of hydrogen-bond donors (Lipinski definition) is 1. The van der Waals surface area contributed by atoms with Crippen LogP contribution < -0.4 is 4.74 Å². The van der Waals surface area contributed by atoms with Gasteiger partial charge in [0.1, 0.15) is 17.4 Å². The van der Waals surface area contributed by atoms with Gasteiger partial charge in [0.2, 0.25) is 5.88 Å². The fourth-order valence-electron chi connectivity index (χ4n) is 3.56. The molecule has 35 heavy (non-hydrogen) atoms. The maximum atomic E-state index is 13.9. The number of nitrogens with zero attached hydrogens (tertiary/aromatic N) is 3. The summed E-state index contributed by atoms with van der Waals surface area (Å²) in [6.07, 6.45) is -0.684. The standard InChI is InChI=1S/C27H35F2N3O3/c1-18(2)31(15-23(33)17-34-27(4,5)6)16-25-19(3)30-32(22-12-10-20(28)11-13-22)26(25)35-24-9-7-8-21(29)14-24/h7-14,18,23,33H,15-17H2,1-6H3. The van der Waals surface area contributed by atoms with Crippen LogP contribution in [0.1, 0.15) is 45.9 Å². The molecule has 0 spiro atoms. The van der Waals surface area contributed by atoms with E-state index >= 15 is 0 Å². The Bertz CT molecular complexity index is 1110. The lowest BCUT2D eigenvalue weighted by Crippen LogP contribution is -2.40. The van der Waals surface area contributed by atoms with Gasteiger partial charge in [-0.2, -0.15) is 5.10 Å². The molecule has 0 bridgehead atoms. The second kappa shape index (κ2) is 11.3. The number of aliphatic hydroxyl groups is 1. The molecule has 190 valence electrons. The van der Waals surface area contributed by atoms with Gasteiger partial charge in [0, 0.05) is 25.2 Å². The minimum Gasteiger partial charge on any atom is -0.438 e. The van der Waals surface area contributed by atoms with Crippen molar-refractivity contribution in [2.24, 2.45) is 0 Å². The molecule has 0 saturated carbocycles. The molecule has 3 aromatic rings. The summed E-state index contributed by atoms with van der Waals surface area (Å²) in [5.74, 6) is -0.0442. The molecule has 0 saturated heterocycles. The number of aliphatic hydroxyl groups excluding tert-OH is 1. The number of aromatic nitrogens is 2. The molecule has 1 N–H and O–H groups in total. The minimum absolute atomic E-state index is 0.106.